The lowest BCUT2D eigenvalue weighted by molar-refractivity contribution is 0.486. The molecule has 0 spiro atoms. The second-order valence-corrected chi connectivity index (χ2v) is 19.5. The molecule has 0 heterocycles. The standard InChI is InChI=1S/C58H51O2P/c1-5-57(6-2)51-25-17-15-23-47(51)49-34-29-41(37-53(49)57)40-27-32-44(33-28-40)60-55-36-31-43(39-56(55)61(59,45-19-11-9-12-20-45)46-21-13-10-14-22-46)42-30-35-50-48-24-16-18-26-52(48)58(7-3,8-4)54(50)38-42/h9-39H,5-8H2,1-4H3. The first kappa shape index (κ1) is 39.0. The fourth-order valence-corrected chi connectivity index (χ4v) is 13.7. The highest BCUT2D eigenvalue weighted by atomic mass is 31.2. The van der Waals surface area contributed by atoms with Crippen molar-refractivity contribution >= 4 is 23.1 Å². The molecule has 0 atom stereocenters. The van der Waals surface area contributed by atoms with Crippen LogP contribution in [0.3, 0.4) is 0 Å². The molecular weight excluding hydrogens is 760 g/mol. The van der Waals surface area contributed by atoms with Crippen LogP contribution in [0, 0.1) is 0 Å². The Balaban J connectivity index is 1.07. The van der Waals surface area contributed by atoms with Crippen molar-refractivity contribution in [2.24, 2.45) is 0 Å². The van der Waals surface area contributed by atoms with Crippen LogP contribution in [0.25, 0.3) is 44.5 Å². The Morgan fingerprint density at radius 1 is 0.393 bits per heavy atom. The highest BCUT2D eigenvalue weighted by molar-refractivity contribution is 7.85. The average Bonchev–Trinajstić information content (AvgIpc) is 3.78. The van der Waals surface area contributed by atoms with E-state index >= 15 is 4.57 Å². The topological polar surface area (TPSA) is 26.3 Å². The van der Waals surface area contributed by atoms with Gasteiger partial charge in [-0.25, -0.2) is 0 Å². The van der Waals surface area contributed by atoms with E-state index in [9.17, 15) is 0 Å². The van der Waals surface area contributed by atoms with E-state index in [0.717, 1.165) is 53.0 Å². The number of fused-ring (bicyclic) bond motifs is 6. The molecule has 10 rings (SSSR count). The lowest BCUT2D eigenvalue weighted by atomic mass is 9.73. The third kappa shape index (κ3) is 6.02. The van der Waals surface area contributed by atoms with Crippen molar-refractivity contribution < 1.29 is 9.30 Å². The Hall–Kier alpha value is -6.21. The van der Waals surface area contributed by atoms with Gasteiger partial charge < -0.3 is 9.30 Å². The molecule has 61 heavy (non-hydrogen) atoms. The summed E-state index contributed by atoms with van der Waals surface area (Å²) in [7, 11) is -3.43. The second kappa shape index (κ2) is 15.4. The fraction of sp³-hybridized carbons (Fsp3) is 0.172. The molecule has 0 aliphatic heterocycles. The van der Waals surface area contributed by atoms with E-state index in [0.29, 0.717) is 16.8 Å². The Morgan fingerprint density at radius 3 is 1.28 bits per heavy atom. The van der Waals surface area contributed by atoms with E-state index in [4.69, 9.17) is 4.74 Å². The van der Waals surface area contributed by atoms with Gasteiger partial charge in [0.25, 0.3) is 0 Å². The lowest BCUT2D eigenvalue weighted by Gasteiger charge is -2.30. The molecule has 0 aromatic heterocycles. The van der Waals surface area contributed by atoms with E-state index in [1.54, 1.807) is 0 Å². The highest BCUT2D eigenvalue weighted by Crippen LogP contribution is 2.55. The van der Waals surface area contributed by atoms with E-state index in [1.807, 2.05) is 78.9 Å². The van der Waals surface area contributed by atoms with E-state index in [1.165, 1.54) is 50.1 Å². The van der Waals surface area contributed by atoms with Crippen LogP contribution in [0.15, 0.2) is 188 Å². The van der Waals surface area contributed by atoms with Crippen molar-refractivity contribution in [1.82, 2.24) is 0 Å². The number of rotatable bonds is 11. The predicted octanol–water partition coefficient (Wildman–Crippen LogP) is 14.6. The molecule has 0 N–H and O–H groups in total. The van der Waals surface area contributed by atoms with Crippen LogP contribution in [-0.2, 0) is 15.4 Å². The van der Waals surface area contributed by atoms with Crippen molar-refractivity contribution in [3.63, 3.8) is 0 Å². The normalized spacial score (nSPS) is 14.2. The SMILES string of the molecule is CCC1(CC)c2ccccc2-c2ccc(-c3ccc(Oc4ccc(-c5ccc6c(c5)C(CC)(CC)c5ccccc5-6)cc4P(=O)(c4ccccc4)c4ccccc4)cc3)cc21. The van der Waals surface area contributed by atoms with Gasteiger partial charge in [0.05, 0.1) is 5.30 Å². The summed E-state index contributed by atoms with van der Waals surface area (Å²) in [4.78, 5) is 0. The van der Waals surface area contributed by atoms with Crippen molar-refractivity contribution in [3.8, 4) is 56.0 Å². The molecule has 2 aliphatic rings. The van der Waals surface area contributed by atoms with Gasteiger partial charge in [0, 0.05) is 21.4 Å². The minimum Gasteiger partial charge on any atom is -0.457 e. The lowest BCUT2D eigenvalue weighted by Crippen LogP contribution is -2.26. The van der Waals surface area contributed by atoms with E-state index in [-0.39, 0.29) is 10.8 Å². The largest absolute Gasteiger partial charge is 0.457 e. The third-order valence-electron chi connectivity index (χ3n) is 14.2. The Bertz CT molecular complexity index is 2910. The summed E-state index contributed by atoms with van der Waals surface area (Å²) in [6, 6.07) is 66.2. The first-order chi connectivity index (χ1) is 29.9. The van der Waals surface area contributed by atoms with Crippen molar-refractivity contribution in [2.75, 3.05) is 0 Å². The first-order valence-electron chi connectivity index (χ1n) is 22.0. The van der Waals surface area contributed by atoms with Crippen molar-refractivity contribution in [2.45, 2.75) is 64.2 Å². The molecular formula is C58H51O2P. The van der Waals surface area contributed by atoms with Crippen LogP contribution in [0.4, 0.5) is 0 Å². The van der Waals surface area contributed by atoms with Gasteiger partial charge in [0.2, 0.25) is 0 Å². The van der Waals surface area contributed by atoms with Crippen LogP contribution in [0.5, 0.6) is 11.5 Å². The van der Waals surface area contributed by atoms with Crippen LogP contribution in [0.1, 0.15) is 75.6 Å². The first-order valence-corrected chi connectivity index (χ1v) is 23.7. The van der Waals surface area contributed by atoms with Gasteiger partial charge in [-0.15, -0.1) is 0 Å². The van der Waals surface area contributed by atoms with Gasteiger partial charge in [-0.1, -0.05) is 179 Å². The van der Waals surface area contributed by atoms with Crippen LogP contribution < -0.4 is 20.7 Å². The maximum atomic E-state index is 16.2. The Kier molecular flexibility index (Phi) is 9.81. The van der Waals surface area contributed by atoms with Gasteiger partial charge in [0.1, 0.15) is 11.5 Å². The smallest absolute Gasteiger partial charge is 0.174 e. The van der Waals surface area contributed by atoms with Gasteiger partial charge in [-0.3, -0.25) is 0 Å². The summed E-state index contributed by atoms with van der Waals surface area (Å²) in [5.74, 6) is 1.28. The van der Waals surface area contributed by atoms with Crippen LogP contribution >= 0.6 is 7.14 Å². The molecule has 0 unspecified atom stereocenters. The summed E-state index contributed by atoms with van der Waals surface area (Å²) < 4.78 is 23.1. The molecule has 8 aromatic rings. The third-order valence-corrected chi connectivity index (χ3v) is 17.3. The molecule has 0 radical (unpaired) electrons. The number of hydrogen-bond acceptors (Lipinski definition) is 2. The minimum absolute atomic E-state index is 0.0128. The predicted molar refractivity (Wildman–Crippen MR) is 257 cm³/mol. The molecule has 3 heteroatoms. The Labute approximate surface area is 361 Å². The number of hydrogen-bond donors (Lipinski definition) is 0. The van der Waals surface area contributed by atoms with Crippen LogP contribution in [-0.4, -0.2) is 0 Å². The second-order valence-electron chi connectivity index (χ2n) is 16.8. The molecule has 300 valence electrons. The number of benzene rings is 8. The summed E-state index contributed by atoms with van der Waals surface area (Å²) in [5.41, 5.74) is 15.4. The van der Waals surface area contributed by atoms with Gasteiger partial charge >= 0.3 is 0 Å². The zero-order valence-electron chi connectivity index (χ0n) is 35.5. The molecule has 0 bridgehead atoms. The van der Waals surface area contributed by atoms with Gasteiger partial charge in [-0.2, -0.15) is 0 Å². The minimum atomic E-state index is -3.43. The molecule has 0 amide bonds. The van der Waals surface area contributed by atoms with Crippen LogP contribution in [0.2, 0.25) is 0 Å². The van der Waals surface area contributed by atoms with Gasteiger partial charge in [0.15, 0.2) is 7.14 Å². The Morgan fingerprint density at radius 2 is 0.787 bits per heavy atom. The molecule has 8 aromatic carbocycles. The van der Waals surface area contributed by atoms with E-state index < -0.39 is 7.14 Å². The number of ether oxygens (including phenoxy) is 1. The monoisotopic (exact) mass is 810 g/mol. The fourth-order valence-electron chi connectivity index (χ4n) is 10.9. The molecule has 2 aliphatic carbocycles. The zero-order chi connectivity index (χ0) is 41.8. The van der Waals surface area contributed by atoms with Crippen molar-refractivity contribution in [1.29, 1.82) is 0 Å². The molecule has 2 nitrogen and oxygen atoms in total. The quantitative estimate of drug-likeness (QED) is 0.122. The highest BCUT2D eigenvalue weighted by Gasteiger charge is 2.42. The molecule has 0 saturated heterocycles. The molecule has 0 fully saturated rings. The zero-order valence-corrected chi connectivity index (χ0v) is 36.4. The average molecular weight is 811 g/mol. The van der Waals surface area contributed by atoms with Gasteiger partial charge in [-0.05, 0) is 129 Å². The maximum Gasteiger partial charge on any atom is 0.174 e. The van der Waals surface area contributed by atoms with E-state index in [2.05, 4.69) is 137 Å². The summed E-state index contributed by atoms with van der Waals surface area (Å²) >= 11 is 0. The van der Waals surface area contributed by atoms with Crippen molar-refractivity contribution in [3.05, 3.63) is 210 Å². The maximum absolute atomic E-state index is 16.2. The molecule has 0 saturated carbocycles. The summed E-state index contributed by atoms with van der Waals surface area (Å²) in [5, 5.41) is 2.22. The summed E-state index contributed by atoms with van der Waals surface area (Å²) in [6.07, 6.45) is 4.15. The summed E-state index contributed by atoms with van der Waals surface area (Å²) in [6.45, 7) is 9.25.